The molecular formula is C11H10O3S. The van der Waals surface area contributed by atoms with Crippen molar-refractivity contribution in [2.75, 3.05) is 12.4 Å². The van der Waals surface area contributed by atoms with Crippen LogP contribution >= 0.6 is 11.8 Å². The highest BCUT2D eigenvalue weighted by molar-refractivity contribution is 8.08. The number of hydrogen-bond donors (Lipinski definition) is 1. The van der Waals surface area contributed by atoms with Crippen LogP contribution in [0.5, 0.6) is 0 Å². The second kappa shape index (κ2) is 4.40. The minimum Gasteiger partial charge on any atom is -0.485 e. The van der Waals surface area contributed by atoms with Crippen LogP contribution in [0.3, 0.4) is 0 Å². The molecule has 1 N–H and O–H groups in total. The highest BCUT2D eigenvalue weighted by Crippen LogP contribution is 2.34. The van der Waals surface area contributed by atoms with Gasteiger partial charge in [0, 0.05) is 5.75 Å². The average Bonchev–Trinajstić information content (AvgIpc) is 2.30. The first-order valence-corrected chi connectivity index (χ1v) is 5.56. The normalized spacial score (nSPS) is 16.0. The van der Waals surface area contributed by atoms with Crippen molar-refractivity contribution in [3.05, 3.63) is 41.7 Å². The Morgan fingerprint density at radius 2 is 2.07 bits per heavy atom. The van der Waals surface area contributed by atoms with Gasteiger partial charge >= 0.3 is 5.97 Å². The van der Waals surface area contributed by atoms with E-state index in [1.54, 1.807) is 0 Å². The first kappa shape index (κ1) is 10.1. The molecule has 1 aliphatic heterocycles. The number of ether oxygens (including phenoxy) is 1. The molecule has 0 atom stereocenters. The summed E-state index contributed by atoms with van der Waals surface area (Å²) in [5.41, 5.74) is 0.902. The third kappa shape index (κ3) is 2.15. The summed E-state index contributed by atoms with van der Waals surface area (Å²) in [6.07, 6.45) is 0. The van der Waals surface area contributed by atoms with Crippen LogP contribution in [-0.2, 0) is 9.53 Å². The first-order chi connectivity index (χ1) is 7.29. The van der Waals surface area contributed by atoms with Crippen LogP contribution in [-0.4, -0.2) is 23.4 Å². The van der Waals surface area contributed by atoms with Crippen LogP contribution in [0.4, 0.5) is 0 Å². The maximum Gasteiger partial charge on any atom is 0.372 e. The van der Waals surface area contributed by atoms with Crippen LogP contribution < -0.4 is 0 Å². The Labute approximate surface area is 91.8 Å². The molecule has 1 heterocycles. The fourth-order valence-corrected chi connectivity index (χ4v) is 2.33. The van der Waals surface area contributed by atoms with Crippen LogP contribution in [0.25, 0.3) is 4.91 Å². The topological polar surface area (TPSA) is 46.5 Å². The van der Waals surface area contributed by atoms with Gasteiger partial charge in [0.25, 0.3) is 0 Å². The standard InChI is InChI=1S/C11H10O3S/c12-11(13)9-10(15-7-6-14-9)8-4-2-1-3-5-8/h1-5H,6-7H2,(H,12,13). The molecule has 0 spiro atoms. The fourth-order valence-electron chi connectivity index (χ4n) is 1.38. The molecule has 1 aromatic carbocycles. The lowest BCUT2D eigenvalue weighted by Gasteiger charge is -2.18. The van der Waals surface area contributed by atoms with Crippen molar-refractivity contribution in [3.8, 4) is 0 Å². The fraction of sp³-hybridized carbons (Fsp3) is 0.182. The van der Waals surface area contributed by atoms with Gasteiger partial charge in [0.1, 0.15) is 0 Å². The van der Waals surface area contributed by atoms with E-state index in [0.717, 1.165) is 11.3 Å². The van der Waals surface area contributed by atoms with E-state index in [0.29, 0.717) is 11.5 Å². The van der Waals surface area contributed by atoms with E-state index in [1.165, 1.54) is 11.8 Å². The summed E-state index contributed by atoms with van der Waals surface area (Å²) in [4.78, 5) is 11.7. The maximum absolute atomic E-state index is 10.9. The van der Waals surface area contributed by atoms with Gasteiger partial charge in [-0.05, 0) is 5.56 Å². The third-order valence-corrected chi connectivity index (χ3v) is 3.09. The Bertz CT molecular complexity index is 398. The van der Waals surface area contributed by atoms with Crippen molar-refractivity contribution in [2.45, 2.75) is 0 Å². The van der Waals surface area contributed by atoms with Crippen molar-refractivity contribution >= 4 is 22.6 Å². The molecule has 78 valence electrons. The molecule has 0 aliphatic carbocycles. The summed E-state index contributed by atoms with van der Waals surface area (Å²) in [5, 5.41) is 8.97. The maximum atomic E-state index is 10.9. The number of carbonyl (C=O) groups is 1. The summed E-state index contributed by atoms with van der Waals surface area (Å²) in [6.45, 7) is 0.461. The molecule has 1 aromatic rings. The van der Waals surface area contributed by atoms with Gasteiger partial charge in [-0.15, -0.1) is 11.8 Å². The molecule has 1 aliphatic rings. The number of rotatable bonds is 2. The molecule has 0 aromatic heterocycles. The van der Waals surface area contributed by atoms with E-state index < -0.39 is 5.97 Å². The average molecular weight is 222 g/mol. The van der Waals surface area contributed by atoms with Crippen LogP contribution in [0, 0.1) is 0 Å². The van der Waals surface area contributed by atoms with E-state index >= 15 is 0 Å². The first-order valence-electron chi connectivity index (χ1n) is 4.57. The summed E-state index contributed by atoms with van der Waals surface area (Å²) in [7, 11) is 0. The molecule has 0 fully saturated rings. The van der Waals surface area contributed by atoms with Gasteiger partial charge < -0.3 is 9.84 Å². The molecule has 15 heavy (non-hydrogen) atoms. The molecule has 0 amide bonds. The van der Waals surface area contributed by atoms with Crippen LogP contribution in [0.2, 0.25) is 0 Å². The molecule has 4 heteroatoms. The lowest BCUT2D eigenvalue weighted by Crippen LogP contribution is -2.13. The molecule has 3 nitrogen and oxygen atoms in total. The van der Waals surface area contributed by atoms with Gasteiger partial charge in [-0.25, -0.2) is 4.79 Å². The van der Waals surface area contributed by atoms with Gasteiger partial charge in [-0.2, -0.15) is 0 Å². The zero-order valence-electron chi connectivity index (χ0n) is 7.97. The number of thioether (sulfide) groups is 1. The van der Waals surface area contributed by atoms with Crippen molar-refractivity contribution in [2.24, 2.45) is 0 Å². The molecular weight excluding hydrogens is 212 g/mol. The van der Waals surface area contributed by atoms with Crippen molar-refractivity contribution < 1.29 is 14.6 Å². The van der Waals surface area contributed by atoms with Crippen molar-refractivity contribution in [1.82, 2.24) is 0 Å². The Hall–Kier alpha value is -1.42. The van der Waals surface area contributed by atoms with Gasteiger partial charge in [0.2, 0.25) is 5.76 Å². The summed E-state index contributed by atoms with van der Waals surface area (Å²) in [6, 6.07) is 9.45. The molecule has 0 bridgehead atoms. The van der Waals surface area contributed by atoms with Gasteiger partial charge in [0.15, 0.2) is 0 Å². The largest absolute Gasteiger partial charge is 0.485 e. The van der Waals surface area contributed by atoms with Gasteiger partial charge in [0.05, 0.1) is 11.5 Å². The summed E-state index contributed by atoms with van der Waals surface area (Å²) < 4.78 is 5.17. The minimum atomic E-state index is -0.999. The zero-order valence-corrected chi connectivity index (χ0v) is 8.79. The molecule has 0 radical (unpaired) electrons. The van der Waals surface area contributed by atoms with Crippen molar-refractivity contribution in [3.63, 3.8) is 0 Å². The van der Waals surface area contributed by atoms with E-state index in [-0.39, 0.29) is 5.76 Å². The quantitative estimate of drug-likeness (QED) is 0.833. The number of benzene rings is 1. The number of carboxylic acids is 1. The number of carboxylic acid groups (broad SMARTS) is 1. The highest BCUT2D eigenvalue weighted by Gasteiger charge is 2.21. The Morgan fingerprint density at radius 1 is 1.33 bits per heavy atom. The van der Waals surface area contributed by atoms with E-state index in [1.807, 2.05) is 30.3 Å². The second-order valence-corrected chi connectivity index (χ2v) is 4.13. The SMILES string of the molecule is O=C(O)C1=C(c2ccccc2)SCCO1. The van der Waals surface area contributed by atoms with Crippen LogP contribution in [0.15, 0.2) is 36.1 Å². The Kier molecular flexibility index (Phi) is 2.97. The lowest BCUT2D eigenvalue weighted by atomic mass is 10.2. The second-order valence-electron chi connectivity index (χ2n) is 3.03. The molecule has 0 saturated heterocycles. The number of aliphatic carboxylic acids is 1. The number of hydrogen-bond acceptors (Lipinski definition) is 3. The smallest absolute Gasteiger partial charge is 0.372 e. The third-order valence-electron chi connectivity index (χ3n) is 2.01. The van der Waals surface area contributed by atoms with Crippen LogP contribution in [0.1, 0.15) is 5.56 Å². The summed E-state index contributed by atoms with van der Waals surface area (Å²) in [5.74, 6) is -0.139. The predicted octanol–water partition coefficient (Wildman–Crippen LogP) is 2.20. The van der Waals surface area contributed by atoms with Gasteiger partial charge in [-0.3, -0.25) is 0 Å². The molecule has 0 unspecified atom stereocenters. The monoisotopic (exact) mass is 222 g/mol. The highest BCUT2D eigenvalue weighted by atomic mass is 32.2. The minimum absolute atomic E-state index is 0.0671. The van der Waals surface area contributed by atoms with Gasteiger partial charge in [-0.1, -0.05) is 30.3 Å². The van der Waals surface area contributed by atoms with E-state index in [2.05, 4.69) is 0 Å². The van der Waals surface area contributed by atoms with E-state index in [4.69, 9.17) is 9.84 Å². The molecule has 2 rings (SSSR count). The Balaban J connectivity index is 2.44. The predicted molar refractivity (Wildman–Crippen MR) is 59.4 cm³/mol. The Morgan fingerprint density at radius 3 is 2.73 bits per heavy atom. The zero-order chi connectivity index (χ0) is 10.7. The summed E-state index contributed by atoms with van der Waals surface area (Å²) >= 11 is 1.53. The molecule has 0 saturated carbocycles. The van der Waals surface area contributed by atoms with E-state index in [9.17, 15) is 4.79 Å². The van der Waals surface area contributed by atoms with Crippen molar-refractivity contribution in [1.29, 1.82) is 0 Å². The lowest BCUT2D eigenvalue weighted by molar-refractivity contribution is -0.136.